The van der Waals surface area contributed by atoms with Gasteiger partial charge in [-0.2, -0.15) is 10.5 Å². The first kappa shape index (κ1) is 26.3. The van der Waals surface area contributed by atoms with Crippen LogP contribution in [-0.2, 0) is 21.7 Å². The Morgan fingerprint density at radius 3 is 1.22 bits per heavy atom. The molecule has 3 heteroatoms. The molecule has 5 aromatic rings. The Hall–Kier alpha value is -3.56. The van der Waals surface area contributed by atoms with Crippen molar-refractivity contribution in [2.45, 2.75) is 105 Å². The molecular weight excluding hydrogens is 498 g/mol. The minimum Gasteiger partial charge on any atom is -0.308 e. The zero-order valence-electron chi connectivity index (χ0n) is 26.7. The maximum absolute atomic E-state index is 10.6. The normalized spacial score (nSPS) is 22.3. The van der Waals surface area contributed by atoms with Crippen LogP contribution >= 0.6 is 0 Å². The lowest BCUT2D eigenvalue weighted by Gasteiger charge is -2.44. The van der Waals surface area contributed by atoms with Crippen LogP contribution in [0.5, 0.6) is 0 Å². The van der Waals surface area contributed by atoms with Crippen LogP contribution in [0.25, 0.3) is 38.1 Å². The van der Waals surface area contributed by atoms with E-state index in [0.717, 1.165) is 22.2 Å². The number of rotatable bonds is 0. The minimum absolute atomic E-state index is 0.0632. The van der Waals surface area contributed by atoms with E-state index in [0.29, 0.717) is 0 Å². The molecule has 0 atom stereocenters. The highest BCUT2D eigenvalue weighted by molar-refractivity contribution is 6.25. The minimum atomic E-state index is -0.171. The van der Waals surface area contributed by atoms with Crippen molar-refractivity contribution < 1.29 is 0 Å². The summed E-state index contributed by atoms with van der Waals surface area (Å²) in [5.74, 6) is 0. The SMILES string of the molecule is CC1(C)c2c(C#N)cc3c(c2C(C)(C)C1(C)C)c1cccc2c4c5c(c(C#N)cc4n3c12)C(C)(C)C(C)(C)C5(C)C. The molecule has 208 valence electrons. The zero-order chi connectivity index (χ0) is 30.0. The van der Waals surface area contributed by atoms with Crippen molar-refractivity contribution in [3.8, 4) is 12.1 Å². The standard InChI is InChI=1S/C38H41N3/c1-33(2)28-20(18-39)16-24-26(30(28)35(5,6)37(33,9)10)22-14-13-15-23-27-25(41(24)32(22)23)17-21(19-40)29-31(27)36(7,8)38(11,12)34(29,3)4/h13-17H,1-12H3. The van der Waals surface area contributed by atoms with Crippen LogP contribution in [0, 0.1) is 33.5 Å². The van der Waals surface area contributed by atoms with Crippen LogP contribution in [0.15, 0.2) is 30.3 Å². The van der Waals surface area contributed by atoms with Crippen LogP contribution in [0.4, 0.5) is 0 Å². The number of para-hydroxylation sites is 1. The quantitative estimate of drug-likeness (QED) is 0.197. The number of hydrogen-bond acceptors (Lipinski definition) is 2. The van der Waals surface area contributed by atoms with Gasteiger partial charge in [-0.25, -0.2) is 0 Å². The Morgan fingerprint density at radius 1 is 0.537 bits per heavy atom. The molecule has 0 spiro atoms. The highest BCUT2D eigenvalue weighted by atomic mass is 14.9. The number of nitriles is 2. The number of aromatic nitrogens is 1. The van der Waals surface area contributed by atoms with Crippen LogP contribution in [0.2, 0.25) is 0 Å². The number of hydrogen-bond donors (Lipinski definition) is 0. The van der Waals surface area contributed by atoms with Gasteiger partial charge < -0.3 is 4.40 Å². The molecule has 3 aromatic carbocycles. The van der Waals surface area contributed by atoms with E-state index < -0.39 is 0 Å². The average molecular weight is 540 g/mol. The van der Waals surface area contributed by atoms with Crippen LogP contribution in [-0.4, -0.2) is 4.40 Å². The first-order valence-electron chi connectivity index (χ1n) is 15.0. The molecule has 0 aliphatic heterocycles. The van der Waals surface area contributed by atoms with Gasteiger partial charge in [0.25, 0.3) is 0 Å². The second-order valence-electron chi connectivity index (χ2n) is 16.1. The van der Waals surface area contributed by atoms with Gasteiger partial charge in [-0.15, -0.1) is 0 Å². The van der Waals surface area contributed by atoms with E-state index in [1.54, 1.807) is 0 Å². The van der Waals surface area contributed by atoms with Crippen molar-refractivity contribution in [3.63, 3.8) is 0 Å². The molecule has 7 rings (SSSR count). The van der Waals surface area contributed by atoms with Crippen LogP contribution < -0.4 is 0 Å². The zero-order valence-corrected chi connectivity index (χ0v) is 26.7. The molecular formula is C38H41N3. The van der Waals surface area contributed by atoms with E-state index in [2.05, 4.69) is 130 Å². The Balaban J connectivity index is 1.80. The Kier molecular flexibility index (Phi) is 4.43. The smallest absolute Gasteiger partial charge is 0.0995 e. The molecule has 0 bridgehead atoms. The van der Waals surface area contributed by atoms with E-state index in [-0.39, 0.29) is 32.5 Å². The molecule has 0 unspecified atom stereocenters. The first-order valence-corrected chi connectivity index (χ1v) is 15.0. The third kappa shape index (κ3) is 2.39. The summed E-state index contributed by atoms with van der Waals surface area (Å²) < 4.78 is 2.39. The van der Waals surface area contributed by atoms with Gasteiger partial charge in [0.1, 0.15) is 0 Å². The van der Waals surface area contributed by atoms with Gasteiger partial charge in [0.05, 0.1) is 39.8 Å². The number of nitrogens with zero attached hydrogens (tertiary/aromatic N) is 3. The molecule has 0 fully saturated rings. The highest BCUT2D eigenvalue weighted by Crippen LogP contribution is 2.66. The second-order valence-corrected chi connectivity index (χ2v) is 16.1. The predicted octanol–water partition coefficient (Wildman–Crippen LogP) is 9.77. The van der Waals surface area contributed by atoms with Gasteiger partial charge in [-0.1, -0.05) is 101 Å². The monoisotopic (exact) mass is 539 g/mol. The largest absolute Gasteiger partial charge is 0.308 e. The number of benzene rings is 3. The molecule has 0 N–H and O–H groups in total. The fourth-order valence-corrected chi connectivity index (χ4v) is 9.33. The summed E-state index contributed by atoms with van der Waals surface area (Å²) in [6.45, 7) is 28.1. The van der Waals surface area contributed by atoms with Gasteiger partial charge in [0.15, 0.2) is 0 Å². The summed E-state index contributed by atoms with van der Waals surface area (Å²) in [6, 6.07) is 16.3. The summed E-state index contributed by atoms with van der Waals surface area (Å²) in [6.07, 6.45) is 0. The van der Waals surface area contributed by atoms with Crippen LogP contribution in [0.3, 0.4) is 0 Å². The van der Waals surface area contributed by atoms with Crippen molar-refractivity contribution in [1.82, 2.24) is 4.40 Å². The molecule has 2 heterocycles. The lowest BCUT2D eigenvalue weighted by atomic mass is 9.59. The molecule has 0 amide bonds. The third-order valence-electron chi connectivity index (χ3n) is 13.9. The first-order chi connectivity index (χ1) is 18.8. The topological polar surface area (TPSA) is 52.0 Å². The van der Waals surface area contributed by atoms with Crippen molar-refractivity contribution in [2.24, 2.45) is 10.8 Å². The summed E-state index contributed by atoms with van der Waals surface area (Å²) >= 11 is 0. The molecule has 0 saturated carbocycles. The van der Waals surface area contributed by atoms with Gasteiger partial charge in [0, 0.05) is 21.5 Å². The molecule has 2 aromatic heterocycles. The van der Waals surface area contributed by atoms with E-state index in [1.165, 1.54) is 49.3 Å². The highest BCUT2D eigenvalue weighted by Gasteiger charge is 2.60. The lowest BCUT2D eigenvalue weighted by Crippen LogP contribution is -2.42. The fourth-order valence-electron chi connectivity index (χ4n) is 9.33. The van der Waals surface area contributed by atoms with Crippen molar-refractivity contribution in [3.05, 3.63) is 63.7 Å². The maximum atomic E-state index is 10.6. The lowest BCUT2D eigenvalue weighted by molar-refractivity contribution is 0.125. The summed E-state index contributed by atoms with van der Waals surface area (Å²) in [5.41, 5.74) is 9.18. The van der Waals surface area contributed by atoms with Crippen LogP contribution in [0.1, 0.15) is 116 Å². The molecule has 0 radical (unpaired) electrons. The predicted molar refractivity (Wildman–Crippen MR) is 170 cm³/mol. The van der Waals surface area contributed by atoms with Crippen molar-refractivity contribution in [2.75, 3.05) is 0 Å². The Bertz CT molecular complexity index is 1960. The van der Waals surface area contributed by atoms with E-state index >= 15 is 0 Å². The van der Waals surface area contributed by atoms with Crippen molar-refractivity contribution in [1.29, 1.82) is 10.5 Å². The van der Waals surface area contributed by atoms with Crippen molar-refractivity contribution >= 4 is 38.1 Å². The summed E-state index contributed by atoms with van der Waals surface area (Å²) in [7, 11) is 0. The third-order valence-corrected chi connectivity index (χ3v) is 13.9. The van der Waals surface area contributed by atoms with E-state index in [9.17, 15) is 10.5 Å². The van der Waals surface area contributed by atoms with Gasteiger partial charge in [-0.05, 0) is 66.9 Å². The summed E-state index contributed by atoms with van der Waals surface area (Å²) in [5, 5.41) is 26.2. The molecule has 2 aliphatic rings. The average Bonchev–Trinajstić information content (AvgIpc) is 3.47. The van der Waals surface area contributed by atoms with E-state index in [1.807, 2.05) is 0 Å². The molecule has 41 heavy (non-hydrogen) atoms. The summed E-state index contributed by atoms with van der Waals surface area (Å²) in [4.78, 5) is 0. The maximum Gasteiger partial charge on any atom is 0.0995 e. The molecule has 2 aliphatic carbocycles. The number of fused-ring (bicyclic) bond motifs is 10. The second kappa shape index (κ2) is 6.90. The Morgan fingerprint density at radius 2 is 0.878 bits per heavy atom. The van der Waals surface area contributed by atoms with Gasteiger partial charge in [-0.3, -0.25) is 0 Å². The van der Waals surface area contributed by atoms with Gasteiger partial charge >= 0.3 is 0 Å². The molecule has 0 saturated heterocycles. The van der Waals surface area contributed by atoms with E-state index in [4.69, 9.17) is 0 Å². The Labute approximate surface area is 244 Å². The van der Waals surface area contributed by atoms with Gasteiger partial charge in [0.2, 0.25) is 0 Å². The molecule has 3 nitrogen and oxygen atoms in total. The fraction of sp³-hybridized carbons (Fsp3) is 0.474.